The Morgan fingerprint density at radius 3 is 2.62 bits per heavy atom. The zero-order valence-corrected chi connectivity index (χ0v) is 9.58. The molecule has 1 aromatic rings. The molecule has 0 amide bonds. The molecule has 0 aromatic heterocycles. The number of hydrogen-bond donors (Lipinski definition) is 1. The van der Waals surface area contributed by atoms with E-state index >= 15 is 0 Å². The molecule has 1 heterocycles. The Morgan fingerprint density at radius 1 is 1.19 bits per heavy atom. The number of hydrogen-bond acceptors (Lipinski definition) is 2. The van der Waals surface area contributed by atoms with Crippen LogP contribution in [0.1, 0.15) is 30.4 Å². The van der Waals surface area contributed by atoms with E-state index in [9.17, 15) is 4.39 Å². The fourth-order valence-corrected chi connectivity index (χ4v) is 2.34. The summed E-state index contributed by atoms with van der Waals surface area (Å²) in [5, 5.41) is 0. The lowest BCUT2D eigenvalue weighted by Gasteiger charge is -2.27. The summed E-state index contributed by atoms with van der Waals surface area (Å²) in [6, 6.07) is 5.25. The molecule has 2 rings (SSSR count). The number of likely N-dealkylation sites (tertiary alicyclic amines) is 1. The average molecular weight is 222 g/mol. The molecule has 0 spiro atoms. The molecule has 16 heavy (non-hydrogen) atoms. The molecule has 1 saturated heterocycles. The molecule has 1 aromatic carbocycles. The van der Waals surface area contributed by atoms with Crippen LogP contribution in [0.15, 0.2) is 18.2 Å². The third-order valence-electron chi connectivity index (χ3n) is 3.26. The van der Waals surface area contributed by atoms with E-state index in [1.807, 2.05) is 6.07 Å². The minimum Gasteiger partial charge on any atom is -0.326 e. The Morgan fingerprint density at radius 2 is 1.94 bits per heavy atom. The number of nitrogens with zero attached hydrogens (tertiary/aromatic N) is 1. The van der Waals surface area contributed by atoms with Crippen molar-refractivity contribution in [3.8, 4) is 0 Å². The van der Waals surface area contributed by atoms with Gasteiger partial charge in [0.1, 0.15) is 5.82 Å². The number of benzene rings is 1. The van der Waals surface area contributed by atoms with Crippen LogP contribution in [0, 0.1) is 5.82 Å². The van der Waals surface area contributed by atoms with Crippen LogP contribution in [0.2, 0.25) is 0 Å². The molecule has 0 aliphatic carbocycles. The van der Waals surface area contributed by atoms with E-state index in [0.29, 0.717) is 5.56 Å². The van der Waals surface area contributed by atoms with Gasteiger partial charge in [0.25, 0.3) is 0 Å². The first-order chi connectivity index (χ1) is 7.81. The number of rotatable bonds is 3. The van der Waals surface area contributed by atoms with Gasteiger partial charge in [0.2, 0.25) is 0 Å². The van der Waals surface area contributed by atoms with Crippen molar-refractivity contribution in [1.29, 1.82) is 0 Å². The fourth-order valence-electron chi connectivity index (χ4n) is 2.34. The molecule has 2 nitrogen and oxygen atoms in total. The van der Waals surface area contributed by atoms with Gasteiger partial charge in [-0.25, -0.2) is 4.39 Å². The third kappa shape index (κ3) is 2.60. The topological polar surface area (TPSA) is 29.3 Å². The molecule has 0 bridgehead atoms. The zero-order valence-electron chi connectivity index (χ0n) is 9.58. The highest BCUT2D eigenvalue weighted by Gasteiger charge is 2.13. The Bertz CT molecular complexity index is 346. The van der Waals surface area contributed by atoms with Crippen molar-refractivity contribution in [3.63, 3.8) is 0 Å². The van der Waals surface area contributed by atoms with Gasteiger partial charge < -0.3 is 5.73 Å². The van der Waals surface area contributed by atoms with Gasteiger partial charge in [-0.2, -0.15) is 0 Å². The molecule has 2 N–H and O–H groups in total. The lowest BCUT2D eigenvalue weighted by Crippen LogP contribution is -2.29. The zero-order chi connectivity index (χ0) is 11.4. The molecule has 0 radical (unpaired) electrons. The smallest absolute Gasteiger partial charge is 0.128 e. The largest absolute Gasteiger partial charge is 0.326 e. The van der Waals surface area contributed by atoms with Crippen LogP contribution in [0.5, 0.6) is 0 Å². The van der Waals surface area contributed by atoms with Gasteiger partial charge in [-0.05, 0) is 37.6 Å². The summed E-state index contributed by atoms with van der Waals surface area (Å²) in [6.07, 6.45) is 3.84. The maximum atomic E-state index is 13.5. The first-order valence-corrected chi connectivity index (χ1v) is 6.00. The van der Waals surface area contributed by atoms with E-state index < -0.39 is 0 Å². The predicted molar refractivity (Wildman–Crippen MR) is 63.4 cm³/mol. The summed E-state index contributed by atoms with van der Waals surface area (Å²) >= 11 is 0. The van der Waals surface area contributed by atoms with Crippen molar-refractivity contribution in [2.45, 2.75) is 32.4 Å². The highest BCUT2D eigenvalue weighted by Crippen LogP contribution is 2.18. The summed E-state index contributed by atoms with van der Waals surface area (Å²) in [5.41, 5.74) is 7.32. The third-order valence-corrected chi connectivity index (χ3v) is 3.26. The van der Waals surface area contributed by atoms with E-state index in [2.05, 4.69) is 4.90 Å². The van der Waals surface area contributed by atoms with Gasteiger partial charge in [-0.1, -0.05) is 18.6 Å². The van der Waals surface area contributed by atoms with E-state index in [1.165, 1.54) is 25.3 Å². The highest BCUT2D eigenvalue weighted by atomic mass is 19.1. The fraction of sp³-hybridized carbons (Fsp3) is 0.538. The maximum absolute atomic E-state index is 13.5. The second kappa shape index (κ2) is 5.41. The van der Waals surface area contributed by atoms with Crippen LogP contribution >= 0.6 is 0 Å². The van der Waals surface area contributed by atoms with Gasteiger partial charge in [0.15, 0.2) is 0 Å². The van der Waals surface area contributed by atoms with Crippen LogP contribution in [0.4, 0.5) is 4.39 Å². The van der Waals surface area contributed by atoms with Crippen molar-refractivity contribution in [3.05, 3.63) is 35.1 Å². The molecular formula is C13H19FN2. The van der Waals surface area contributed by atoms with Crippen molar-refractivity contribution in [1.82, 2.24) is 4.90 Å². The lowest BCUT2D eigenvalue weighted by molar-refractivity contribution is 0.220. The van der Waals surface area contributed by atoms with E-state index in [-0.39, 0.29) is 12.4 Å². The first-order valence-electron chi connectivity index (χ1n) is 6.00. The van der Waals surface area contributed by atoms with Crippen LogP contribution in [0.3, 0.4) is 0 Å². The lowest BCUT2D eigenvalue weighted by atomic mass is 10.0. The second-order valence-electron chi connectivity index (χ2n) is 4.42. The molecular weight excluding hydrogens is 203 g/mol. The minimum absolute atomic E-state index is 0.169. The quantitative estimate of drug-likeness (QED) is 0.850. The summed E-state index contributed by atoms with van der Waals surface area (Å²) in [5.74, 6) is -0.169. The monoisotopic (exact) mass is 222 g/mol. The van der Waals surface area contributed by atoms with E-state index in [0.717, 1.165) is 25.2 Å². The predicted octanol–water partition coefficient (Wildman–Crippen LogP) is 2.27. The van der Waals surface area contributed by atoms with E-state index in [4.69, 9.17) is 5.73 Å². The standard InChI is InChI=1S/C13H19FN2/c14-13-6-4-5-11(12(13)9-15)10-16-7-2-1-3-8-16/h4-6H,1-3,7-10,15H2. The van der Waals surface area contributed by atoms with Crippen LogP contribution in [-0.2, 0) is 13.1 Å². The normalized spacial score (nSPS) is 17.6. The highest BCUT2D eigenvalue weighted by molar-refractivity contribution is 5.28. The molecule has 1 fully saturated rings. The van der Waals surface area contributed by atoms with Crippen molar-refractivity contribution < 1.29 is 4.39 Å². The Kier molecular flexibility index (Phi) is 3.91. The maximum Gasteiger partial charge on any atom is 0.128 e. The molecule has 3 heteroatoms. The van der Waals surface area contributed by atoms with Gasteiger partial charge >= 0.3 is 0 Å². The number of halogens is 1. The van der Waals surface area contributed by atoms with Crippen molar-refractivity contribution in [2.24, 2.45) is 5.73 Å². The molecule has 0 unspecified atom stereocenters. The van der Waals surface area contributed by atoms with Gasteiger partial charge in [-0.3, -0.25) is 4.90 Å². The minimum atomic E-state index is -0.169. The first kappa shape index (κ1) is 11.6. The van der Waals surface area contributed by atoms with E-state index in [1.54, 1.807) is 6.07 Å². The van der Waals surface area contributed by atoms with Gasteiger partial charge in [0, 0.05) is 18.7 Å². The summed E-state index contributed by atoms with van der Waals surface area (Å²) in [6.45, 7) is 3.38. The van der Waals surface area contributed by atoms with Crippen LogP contribution in [0.25, 0.3) is 0 Å². The molecule has 1 aliphatic rings. The summed E-state index contributed by atoms with van der Waals surface area (Å²) in [7, 11) is 0. The van der Waals surface area contributed by atoms with Crippen LogP contribution in [-0.4, -0.2) is 18.0 Å². The van der Waals surface area contributed by atoms with Crippen molar-refractivity contribution in [2.75, 3.05) is 13.1 Å². The van der Waals surface area contributed by atoms with Gasteiger partial charge in [-0.15, -0.1) is 0 Å². The van der Waals surface area contributed by atoms with Crippen LogP contribution < -0.4 is 5.73 Å². The molecule has 0 saturated carbocycles. The average Bonchev–Trinajstić information content (AvgIpc) is 2.31. The molecule has 0 atom stereocenters. The molecule has 88 valence electrons. The Balaban J connectivity index is 2.10. The Hall–Kier alpha value is -0.930. The Labute approximate surface area is 96.2 Å². The van der Waals surface area contributed by atoms with Gasteiger partial charge in [0.05, 0.1) is 0 Å². The summed E-state index contributed by atoms with van der Waals surface area (Å²) < 4.78 is 13.5. The van der Waals surface area contributed by atoms with Crippen molar-refractivity contribution >= 4 is 0 Å². The summed E-state index contributed by atoms with van der Waals surface area (Å²) in [4.78, 5) is 2.39. The number of piperidine rings is 1. The second-order valence-corrected chi connectivity index (χ2v) is 4.42. The SMILES string of the molecule is NCc1c(F)cccc1CN1CCCCC1. The number of nitrogens with two attached hydrogens (primary N) is 1. The molecule has 1 aliphatic heterocycles.